The molecule has 1 heteroatoms. The van der Waals surface area contributed by atoms with Gasteiger partial charge in [-0.2, -0.15) is 0 Å². The molecule has 1 aromatic heterocycles. The Balaban J connectivity index is 2.06. The van der Waals surface area contributed by atoms with Crippen LogP contribution in [0.2, 0.25) is 0 Å². The highest BCUT2D eigenvalue weighted by molar-refractivity contribution is 5.82. The van der Waals surface area contributed by atoms with Crippen molar-refractivity contribution in [3.63, 3.8) is 0 Å². The van der Waals surface area contributed by atoms with Crippen molar-refractivity contribution in [3.05, 3.63) is 78.0 Å². The van der Waals surface area contributed by atoms with Crippen LogP contribution in [0.4, 0.5) is 0 Å². The Kier molecular flexibility index (Phi) is 2.59. The third-order valence-corrected chi connectivity index (χ3v) is 2.97. The van der Waals surface area contributed by atoms with Crippen molar-refractivity contribution in [1.82, 2.24) is 4.98 Å². The van der Waals surface area contributed by atoms with E-state index in [0.717, 1.165) is 11.9 Å². The molecule has 2 aromatic carbocycles. The maximum Gasteiger partial charge on any atom is 0.0704 e. The zero-order valence-electron chi connectivity index (χ0n) is 9.51. The molecule has 1 nitrogen and oxygen atoms in total. The molecule has 0 aliphatic heterocycles. The van der Waals surface area contributed by atoms with Gasteiger partial charge in [-0.05, 0) is 29.7 Å². The van der Waals surface area contributed by atoms with Gasteiger partial charge in [0.2, 0.25) is 0 Å². The number of hydrogen-bond acceptors (Lipinski definition) is 1. The van der Waals surface area contributed by atoms with E-state index in [1.165, 1.54) is 16.5 Å². The van der Waals surface area contributed by atoms with Crippen molar-refractivity contribution >= 4 is 10.9 Å². The third kappa shape index (κ3) is 2.04. The minimum Gasteiger partial charge on any atom is -0.256 e. The van der Waals surface area contributed by atoms with Gasteiger partial charge in [0.05, 0.1) is 5.52 Å². The molecule has 3 rings (SSSR count). The second kappa shape index (κ2) is 4.38. The van der Waals surface area contributed by atoms with E-state index in [-0.39, 0.29) is 0 Å². The van der Waals surface area contributed by atoms with Crippen LogP contribution in [-0.4, -0.2) is 4.98 Å². The van der Waals surface area contributed by atoms with Crippen LogP contribution in [-0.2, 0) is 6.42 Å². The molecular formula is C16H13N. The summed E-state index contributed by atoms with van der Waals surface area (Å²) in [5.74, 6) is 0. The summed E-state index contributed by atoms with van der Waals surface area (Å²) < 4.78 is 0. The predicted octanol–water partition coefficient (Wildman–Crippen LogP) is 3.83. The van der Waals surface area contributed by atoms with E-state index in [0.29, 0.717) is 0 Å². The SMILES string of the molecule is c1ccc(Cc2cccc3ncccc23)cc1. The van der Waals surface area contributed by atoms with Gasteiger partial charge in [0.25, 0.3) is 0 Å². The summed E-state index contributed by atoms with van der Waals surface area (Å²) >= 11 is 0. The Bertz CT molecular complexity index is 624. The highest BCUT2D eigenvalue weighted by Gasteiger charge is 2.01. The Morgan fingerprint density at radius 1 is 0.765 bits per heavy atom. The fourth-order valence-corrected chi connectivity index (χ4v) is 2.14. The lowest BCUT2D eigenvalue weighted by molar-refractivity contribution is 1.21. The van der Waals surface area contributed by atoms with E-state index in [9.17, 15) is 0 Å². The summed E-state index contributed by atoms with van der Waals surface area (Å²) in [4.78, 5) is 4.38. The maximum atomic E-state index is 4.38. The molecule has 0 radical (unpaired) electrons. The summed E-state index contributed by atoms with van der Waals surface area (Å²) in [5.41, 5.74) is 3.74. The number of pyridine rings is 1. The van der Waals surface area contributed by atoms with Gasteiger partial charge in [0.1, 0.15) is 0 Å². The first-order valence-electron chi connectivity index (χ1n) is 5.80. The topological polar surface area (TPSA) is 12.9 Å². The van der Waals surface area contributed by atoms with Crippen molar-refractivity contribution in [2.45, 2.75) is 6.42 Å². The minimum atomic E-state index is 0.962. The number of rotatable bonds is 2. The van der Waals surface area contributed by atoms with Crippen LogP contribution in [0, 0.1) is 0 Å². The highest BCUT2D eigenvalue weighted by Crippen LogP contribution is 2.19. The second-order valence-electron chi connectivity index (χ2n) is 4.15. The third-order valence-electron chi connectivity index (χ3n) is 2.97. The molecule has 0 fully saturated rings. The largest absolute Gasteiger partial charge is 0.256 e. The van der Waals surface area contributed by atoms with E-state index in [1.807, 2.05) is 18.3 Å². The van der Waals surface area contributed by atoms with Crippen LogP contribution in [0.15, 0.2) is 66.9 Å². The molecule has 17 heavy (non-hydrogen) atoms. The van der Waals surface area contributed by atoms with Crippen LogP contribution >= 0.6 is 0 Å². The van der Waals surface area contributed by atoms with Crippen LogP contribution in [0.1, 0.15) is 11.1 Å². The lowest BCUT2D eigenvalue weighted by Gasteiger charge is -2.05. The molecule has 0 N–H and O–H groups in total. The van der Waals surface area contributed by atoms with Crippen molar-refractivity contribution in [2.24, 2.45) is 0 Å². The van der Waals surface area contributed by atoms with E-state index >= 15 is 0 Å². The van der Waals surface area contributed by atoms with Crippen LogP contribution in [0.5, 0.6) is 0 Å². The summed E-state index contributed by atoms with van der Waals surface area (Å²) in [5, 5.41) is 1.25. The molecule has 0 unspecified atom stereocenters. The number of nitrogens with zero attached hydrogens (tertiary/aromatic N) is 1. The number of benzene rings is 2. The second-order valence-corrected chi connectivity index (χ2v) is 4.15. The smallest absolute Gasteiger partial charge is 0.0704 e. The summed E-state index contributed by atoms with van der Waals surface area (Å²) in [6.45, 7) is 0. The van der Waals surface area contributed by atoms with Gasteiger partial charge in [-0.1, -0.05) is 48.5 Å². The average molecular weight is 219 g/mol. The molecule has 0 aliphatic rings. The van der Waals surface area contributed by atoms with Gasteiger partial charge in [-0.15, -0.1) is 0 Å². The molecule has 3 aromatic rings. The van der Waals surface area contributed by atoms with Crippen molar-refractivity contribution in [1.29, 1.82) is 0 Å². The number of fused-ring (bicyclic) bond motifs is 1. The van der Waals surface area contributed by atoms with Crippen molar-refractivity contribution < 1.29 is 0 Å². The standard InChI is InChI=1S/C16H13N/c1-2-6-13(7-3-1)12-14-8-4-10-16-15(14)9-5-11-17-16/h1-11H,12H2. The molecule has 82 valence electrons. The molecule has 0 amide bonds. The normalized spacial score (nSPS) is 10.6. The maximum absolute atomic E-state index is 4.38. The molecular weight excluding hydrogens is 206 g/mol. The Hall–Kier alpha value is -2.15. The first kappa shape index (κ1) is 10.0. The summed E-state index contributed by atoms with van der Waals surface area (Å²) in [6, 6.07) is 21.0. The lowest BCUT2D eigenvalue weighted by Crippen LogP contribution is -1.90. The van der Waals surface area contributed by atoms with Gasteiger partial charge in [0.15, 0.2) is 0 Å². The predicted molar refractivity (Wildman–Crippen MR) is 71.0 cm³/mol. The number of hydrogen-bond donors (Lipinski definition) is 0. The molecule has 0 saturated carbocycles. The monoisotopic (exact) mass is 219 g/mol. The van der Waals surface area contributed by atoms with Gasteiger partial charge >= 0.3 is 0 Å². The van der Waals surface area contributed by atoms with Gasteiger partial charge < -0.3 is 0 Å². The Morgan fingerprint density at radius 3 is 2.53 bits per heavy atom. The first-order chi connectivity index (χ1) is 8.43. The van der Waals surface area contributed by atoms with Gasteiger partial charge in [0, 0.05) is 11.6 Å². The van der Waals surface area contributed by atoms with E-state index in [1.54, 1.807) is 0 Å². The first-order valence-corrected chi connectivity index (χ1v) is 5.80. The fourth-order valence-electron chi connectivity index (χ4n) is 2.14. The Morgan fingerprint density at radius 2 is 1.65 bits per heavy atom. The van der Waals surface area contributed by atoms with Crippen molar-refractivity contribution in [2.75, 3.05) is 0 Å². The van der Waals surface area contributed by atoms with Crippen molar-refractivity contribution in [3.8, 4) is 0 Å². The van der Waals surface area contributed by atoms with Crippen LogP contribution in [0.25, 0.3) is 10.9 Å². The van der Waals surface area contributed by atoms with E-state index in [4.69, 9.17) is 0 Å². The highest BCUT2D eigenvalue weighted by atomic mass is 14.6. The molecule has 0 aliphatic carbocycles. The molecule has 0 bridgehead atoms. The quantitative estimate of drug-likeness (QED) is 0.638. The molecule has 0 saturated heterocycles. The molecule has 1 heterocycles. The zero-order chi connectivity index (χ0) is 11.5. The van der Waals surface area contributed by atoms with Crippen LogP contribution < -0.4 is 0 Å². The van der Waals surface area contributed by atoms with E-state index in [2.05, 4.69) is 53.5 Å². The van der Waals surface area contributed by atoms with Crippen LogP contribution in [0.3, 0.4) is 0 Å². The summed E-state index contributed by atoms with van der Waals surface area (Å²) in [7, 11) is 0. The zero-order valence-corrected chi connectivity index (χ0v) is 9.51. The number of aromatic nitrogens is 1. The summed E-state index contributed by atoms with van der Waals surface area (Å²) in [6.07, 6.45) is 2.80. The lowest BCUT2D eigenvalue weighted by atomic mass is 10.0. The van der Waals surface area contributed by atoms with Gasteiger partial charge in [-0.25, -0.2) is 0 Å². The van der Waals surface area contributed by atoms with E-state index < -0.39 is 0 Å². The van der Waals surface area contributed by atoms with Gasteiger partial charge in [-0.3, -0.25) is 4.98 Å². The average Bonchev–Trinajstić information content (AvgIpc) is 2.40. The molecule has 0 spiro atoms. The Labute approximate surface area is 101 Å². The minimum absolute atomic E-state index is 0.962. The fraction of sp³-hybridized carbons (Fsp3) is 0.0625. The molecule has 0 atom stereocenters.